The van der Waals surface area contributed by atoms with Gasteiger partial charge in [-0.25, -0.2) is 9.79 Å². The van der Waals surface area contributed by atoms with Gasteiger partial charge in [0.15, 0.2) is 4.80 Å². The molecule has 6 nitrogen and oxygen atoms in total. The van der Waals surface area contributed by atoms with Gasteiger partial charge in [0.1, 0.15) is 12.6 Å². The van der Waals surface area contributed by atoms with Crippen LogP contribution in [0.2, 0.25) is 0 Å². The summed E-state index contributed by atoms with van der Waals surface area (Å²) in [7, 11) is 1.54. The number of aromatic nitrogens is 1. The maximum absolute atomic E-state index is 13.4. The van der Waals surface area contributed by atoms with Crippen LogP contribution in [0.15, 0.2) is 67.3 Å². The monoisotopic (exact) mass is 518 g/mol. The number of thiophene rings is 1. The Kier molecular flexibility index (Phi) is 6.66. The van der Waals surface area contributed by atoms with Gasteiger partial charge in [-0.3, -0.25) is 9.36 Å². The molecule has 1 aromatic carbocycles. The summed E-state index contributed by atoms with van der Waals surface area (Å²) < 4.78 is 13.4. The molecular weight excluding hydrogens is 500 g/mol. The molecule has 0 N–H and O–H groups in total. The van der Waals surface area contributed by atoms with E-state index < -0.39 is 12.0 Å². The summed E-state index contributed by atoms with van der Waals surface area (Å²) in [5, 5.41) is 1.93. The summed E-state index contributed by atoms with van der Waals surface area (Å²) in [6, 6.07) is 11.0. The number of benzene rings is 1. The number of ether oxygens (including phenoxy) is 2. The molecule has 0 fully saturated rings. The fourth-order valence-electron chi connectivity index (χ4n) is 3.34. The molecule has 0 aliphatic carbocycles. The van der Waals surface area contributed by atoms with Gasteiger partial charge >= 0.3 is 5.97 Å². The minimum atomic E-state index is -0.573. The van der Waals surface area contributed by atoms with Crippen LogP contribution < -0.4 is 14.9 Å². The Bertz CT molecular complexity index is 1320. The van der Waals surface area contributed by atoms with Gasteiger partial charge in [0, 0.05) is 16.5 Å². The summed E-state index contributed by atoms with van der Waals surface area (Å²) in [5.74, 6) is -0.488. The Morgan fingerprint density at radius 3 is 2.84 bits per heavy atom. The summed E-state index contributed by atoms with van der Waals surface area (Å²) in [6.07, 6.45) is 1.84. The second-order valence-corrected chi connectivity index (χ2v) is 9.68. The van der Waals surface area contributed by atoms with E-state index in [2.05, 4.69) is 20.9 Å². The lowest BCUT2D eigenvalue weighted by Crippen LogP contribution is -2.39. The average molecular weight is 519 g/mol. The van der Waals surface area contributed by atoms with E-state index in [-0.39, 0.29) is 12.2 Å². The van der Waals surface area contributed by atoms with Crippen LogP contribution in [0.1, 0.15) is 23.4 Å². The number of fused-ring (bicyclic) bond motifs is 1. The van der Waals surface area contributed by atoms with Crippen molar-refractivity contribution in [1.82, 2.24) is 4.57 Å². The fraction of sp³-hybridized carbons (Fsp3) is 0.227. The van der Waals surface area contributed by atoms with E-state index in [1.807, 2.05) is 47.9 Å². The van der Waals surface area contributed by atoms with Crippen LogP contribution in [-0.2, 0) is 14.3 Å². The number of thiazole rings is 1. The number of allylic oxidation sites excluding steroid dienone is 1. The maximum Gasteiger partial charge on any atom is 0.338 e. The molecule has 0 bridgehead atoms. The first-order valence-corrected chi connectivity index (χ1v) is 12.0. The molecule has 31 heavy (non-hydrogen) atoms. The Hall–Kier alpha value is -2.33. The van der Waals surface area contributed by atoms with Crippen molar-refractivity contribution in [2.24, 2.45) is 4.99 Å². The van der Waals surface area contributed by atoms with Crippen LogP contribution in [0, 0.1) is 0 Å². The van der Waals surface area contributed by atoms with Crippen molar-refractivity contribution >= 4 is 50.6 Å². The first-order valence-electron chi connectivity index (χ1n) is 9.47. The Morgan fingerprint density at radius 1 is 1.29 bits per heavy atom. The first kappa shape index (κ1) is 21.9. The number of esters is 1. The van der Waals surface area contributed by atoms with E-state index in [0.29, 0.717) is 27.2 Å². The van der Waals surface area contributed by atoms with Crippen LogP contribution in [0.4, 0.5) is 0 Å². The molecule has 3 aromatic rings. The highest BCUT2D eigenvalue weighted by molar-refractivity contribution is 9.10. The van der Waals surface area contributed by atoms with Crippen LogP contribution in [-0.4, -0.2) is 30.9 Å². The Morgan fingerprint density at radius 2 is 2.13 bits per heavy atom. The SMILES string of the molecule is COCCOC(=O)C1=C(C)N=c2s/c(=C/c3cccc(Br)c3)c(=O)n2[C@H]1c1cccs1. The van der Waals surface area contributed by atoms with Crippen molar-refractivity contribution < 1.29 is 14.3 Å². The van der Waals surface area contributed by atoms with Crippen molar-refractivity contribution in [3.8, 4) is 0 Å². The topological polar surface area (TPSA) is 69.9 Å². The van der Waals surface area contributed by atoms with Gasteiger partial charge in [0.2, 0.25) is 0 Å². The van der Waals surface area contributed by atoms with Crippen LogP contribution in [0.5, 0.6) is 0 Å². The van der Waals surface area contributed by atoms with Gasteiger partial charge < -0.3 is 9.47 Å². The molecule has 0 amide bonds. The average Bonchev–Trinajstić information content (AvgIpc) is 3.36. The molecule has 160 valence electrons. The van der Waals surface area contributed by atoms with Crippen molar-refractivity contribution in [2.45, 2.75) is 13.0 Å². The molecule has 4 rings (SSSR count). The largest absolute Gasteiger partial charge is 0.460 e. The Labute approximate surface area is 194 Å². The lowest BCUT2D eigenvalue weighted by molar-refractivity contribution is -0.140. The van der Waals surface area contributed by atoms with Crippen LogP contribution in [0.25, 0.3) is 6.08 Å². The van der Waals surface area contributed by atoms with E-state index in [1.54, 1.807) is 18.6 Å². The molecule has 9 heteroatoms. The lowest BCUT2D eigenvalue weighted by Gasteiger charge is -2.23. The van der Waals surface area contributed by atoms with Gasteiger partial charge in [-0.1, -0.05) is 45.5 Å². The second-order valence-electron chi connectivity index (χ2n) is 6.78. The van der Waals surface area contributed by atoms with E-state index in [9.17, 15) is 9.59 Å². The van der Waals surface area contributed by atoms with Crippen molar-refractivity contribution in [3.05, 3.63) is 87.6 Å². The van der Waals surface area contributed by atoms with Crippen LogP contribution in [0.3, 0.4) is 0 Å². The molecule has 0 radical (unpaired) electrons. The number of rotatable bonds is 6. The van der Waals surface area contributed by atoms with E-state index in [4.69, 9.17) is 9.47 Å². The number of carbonyl (C=O) groups is 1. The van der Waals surface area contributed by atoms with Crippen LogP contribution >= 0.6 is 38.6 Å². The fourth-order valence-corrected chi connectivity index (χ4v) is 5.63. The van der Waals surface area contributed by atoms with Crippen molar-refractivity contribution in [2.75, 3.05) is 20.3 Å². The number of nitrogens with zero attached hydrogens (tertiary/aromatic N) is 2. The summed E-state index contributed by atoms with van der Waals surface area (Å²) >= 11 is 6.26. The van der Waals surface area contributed by atoms with Gasteiger partial charge in [0.25, 0.3) is 5.56 Å². The zero-order chi connectivity index (χ0) is 22.0. The van der Waals surface area contributed by atoms with Crippen molar-refractivity contribution in [1.29, 1.82) is 0 Å². The maximum atomic E-state index is 13.4. The third-order valence-electron chi connectivity index (χ3n) is 4.72. The zero-order valence-corrected chi connectivity index (χ0v) is 20.1. The summed E-state index contributed by atoms with van der Waals surface area (Å²) in [5.41, 5.74) is 1.65. The molecule has 0 saturated heterocycles. The highest BCUT2D eigenvalue weighted by atomic mass is 79.9. The zero-order valence-electron chi connectivity index (χ0n) is 16.8. The van der Waals surface area contributed by atoms with Gasteiger partial charge in [-0.05, 0) is 42.1 Å². The second kappa shape index (κ2) is 9.44. The number of hydrogen-bond acceptors (Lipinski definition) is 7. The third kappa shape index (κ3) is 4.50. The van der Waals surface area contributed by atoms with Crippen molar-refractivity contribution in [3.63, 3.8) is 0 Å². The minimum absolute atomic E-state index is 0.135. The highest BCUT2D eigenvalue weighted by Gasteiger charge is 2.33. The van der Waals surface area contributed by atoms with Gasteiger partial charge in [-0.2, -0.15) is 0 Å². The number of hydrogen-bond donors (Lipinski definition) is 0. The number of carbonyl (C=O) groups excluding carboxylic acids is 1. The van der Waals surface area contributed by atoms with E-state index in [0.717, 1.165) is 14.9 Å². The molecular formula is C22H19BrN2O4S2. The lowest BCUT2D eigenvalue weighted by atomic mass is 10.0. The normalized spacial score (nSPS) is 16.2. The highest BCUT2D eigenvalue weighted by Crippen LogP contribution is 2.33. The first-order chi connectivity index (χ1) is 15.0. The smallest absolute Gasteiger partial charge is 0.338 e. The summed E-state index contributed by atoms with van der Waals surface area (Å²) in [6.45, 7) is 2.21. The molecule has 1 aliphatic heterocycles. The van der Waals surface area contributed by atoms with E-state index >= 15 is 0 Å². The van der Waals surface area contributed by atoms with E-state index in [1.165, 1.54) is 22.7 Å². The molecule has 3 heterocycles. The standard InChI is InChI=1S/C22H19BrN2O4S2/c1-13-18(21(27)29-9-8-28-2)19(16-7-4-10-30-16)25-20(26)17(31-22(25)24-13)12-14-5-3-6-15(23)11-14/h3-7,10-12,19H,8-9H2,1-2H3/b17-12+/t19-/m0/s1. The van der Waals surface area contributed by atoms with Gasteiger partial charge in [-0.15, -0.1) is 11.3 Å². The quantitative estimate of drug-likeness (QED) is 0.371. The molecule has 0 unspecified atom stereocenters. The van der Waals surface area contributed by atoms with Gasteiger partial charge in [0.05, 0.1) is 22.4 Å². The molecule has 0 saturated carbocycles. The molecule has 1 aliphatic rings. The predicted octanol–water partition coefficient (Wildman–Crippen LogP) is 3.25. The molecule has 1 atom stereocenters. The molecule has 2 aromatic heterocycles. The predicted molar refractivity (Wildman–Crippen MR) is 125 cm³/mol. The minimum Gasteiger partial charge on any atom is -0.460 e. The molecule has 0 spiro atoms. The number of halogens is 1. The number of methoxy groups -OCH3 is 1. The Balaban J connectivity index is 1.86. The summed E-state index contributed by atoms with van der Waals surface area (Å²) in [4.78, 5) is 32.4. The third-order valence-corrected chi connectivity index (χ3v) is 7.12.